The van der Waals surface area contributed by atoms with E-state index in [1.165, 1.54) is 0 Å². The molecule has 4 nitrogen and oxygen atoms in total. The Hall–Kier alpha value is -0.680. The van der Waals surface area contributed by atoms with E-state index >= 15 is 0 Å². The summed E-state index contributed by atoms with van der Waals surface area (Å²) in [6.45, 7) is 0.492. The van der Waals surface area contributed by atoms with Crippen LogP contribution in [-0.2, 0) is 4.79 Å². The first-order valence-electron chi connectivity index (χ1n) is 4.91. The van der Waals surface area contributed by atoms with E-state index in [-0.39, 0.29) is 18.4 Å². The zero-order valence-corrected chi connectivity index (χ0v) is 8.16. The zero-order chi connectivity index (χ0) is 10.6. The van der Waals surface area contributed by atoms with Gasteiger partial charge in [-0.2, -0.15) is 0 Å². The Morgan fingerprint density at radius 2 is 2.36 bits per heavy atom. The molecular weight excluding hydrogens is 187 g/mol. The second-order valence-electron chi connectivity index (χ2n) is 3.64. The average Bonchev–Trinajstić information content (AvgIpc) is 2.20. The summed E-state index contributed by atoms with van der Waals surface area (Å²) in [5.74, 6) is -0.259. The number of carbonyl (C=O) groups excluding carboxylic acids is 1. The number of carbonyl (C=O) groups is 1. The Morgan fingerprint density at radius 1 is 1.64 bits per heavy atom. The molecule has 1 saturated heterocycles. The SMILES string of the molecule is NCC(=O)N1CC[C@@H](O)[C@H](CCF)C1. The van der Waals surface area contributed by atoms with E-state index in [4.69, 9.17) is 5.73 Å². The van der Waals surface area contributed by atoms with Gasteiger partial charge in [0.05, 0.1) is 19.3 Å². The van der Waals surface area contributed by atoms with Crippen LogP contribution in [-0.4, -0.2) is 48.3 Å². The molecule has 0 aliphatic carbocycles. The summed E-state index contributed by atoms with van der Waals surface area (Å²) >= 11 is 0. The standard InChI is InChI=1S/C9H17FN2O2/c10-3-1-7-6-12(9(14)5-11)4-2-8(7)13/h7-8,13H,1-6,11H2/t7-,8-/m1/s1. The summed E-state index contributed by atoms with van der Waals surface area (Å²) in [6.07, 6.45) is 0.360. The first-order chi connectivity index (χ1) is 6.69. The first-order valence-corrected chi connectivity index (χ1v) is 4.91. The highest BCUT2D eigenvalue weighted by Gasteiger charge is 2.29. The fourth-order valence-corrected chi connectivity index (χ4v) is 1.80. The summed E-state index contributed by atoms with van der Waals surface area (Å²) in [5.41, 5.74) is 5.23. The van der Waals surface area contributed by atoms with Gasteiger partial charge in [0.2, 0.25) is 5.91 Å². The van der Waals surface area contributed by atoms with Crippen molar-refractivity contribution in [2.75, 3.05) is 26.3 Å². The minimum absolute atomic E-state index is 0.0154. The van der Waals surface area contributed by atoms with Crippen LogP contribution in [0.2, 0.25) is 0 Å². The molecule has 1 rings (SSSR count). The number of piperidine rings is 1. The summed E-state index contributed by atoms with van der Waals surface area (Å²) in [4.78, 5) is 12.9. The summed E-state index contributed by atoms with van der Waals surface area (Å²) < 4.78 is 12.1. The Bertz CT molecular complexity index is 201. The Labute approximate surface area is 82.9 Å². The Kier molecular flexibility index (Phi) is 4.28. The van der Waals surface area contributed by atoms with Crippen LogP contribution in [0, 0.1) is 5.92 Å². The maximum Gasteiger partial charge on any atom is 0.236 e. The van der Waals surface area contributed by atoms with Gasteiger partial charge in [0.15, 0.2) is 0 Å². The number of alkyl halides is 1. The number of hydrogen-bond donors (Lipinski definition) is 2. The van der Waals surface area contributed by atoms with Crippen molar-refractivity contribution in [3.8, 4) is 0 Å². The van der Waals surface area contributed by atoms with E-state index in [1.54, 1.807) is 4.90 Å². The monoisotopic (exact) mass is 204 g/mol. The molecular formula is C9H17FN2O2. The molecule has 1 aliphatic heterocycles. The highest BCUT2D eigenvalue weighted by atomic mass is 19.1. The number of nitrogens with two attached hydrogens (primary N) is 1. The molecule has 1 amide bonds. The van der Waals surface area contributed by atoms with Crippen LogP contribution in [0.25, 0.3) is 0 Å². The fourth-order valence-electron chi connectivity index (χ4n) is 1.80. The quantitative estimate of drug-likeness (QED) is 0.652. The van der Waals surface area contributed by atoms with E-state index in [1.807, 2.05) is 0 Å². The highest BCUT2D eigenvalue weighted by molar-refractivity contribution is 5.78. The molecule has 82 valence electrons. The van der Waals surface area contributed by atoms with Crippen molar-refractivity contribution in [1.82, 2.24) is 4.90 Å². The second-order valence-corrected chi connectivity index (χ2v) is 3.64. The van der Waals surface area contributed by atoms with Crippen LogP contribution in [0.15, 0.2) is 0 Å². The number of amides is 1. The van der Waals surface area contributed by atoms with Gasteiger partial charge in [0, 0.05) is 19.0 Å². The normalized spacial score (nSPS) is 27.8. The molecule has 0 radical (unpaired) electrons. The van der Waals surface area contributed by atoms with Crippen molar-refractivity contribution in [3.05, 3.63) is 0 Å². The van der Waals surface area contributed by atoms with Gasteiger partial charge in [0.1, 0.15) is 0 Å². The lowest BCUT2D eigenvalue weighted by Gasteiger charge is -2.35. The van der Waals surface area contributed by atoms with Gasteiger partial charge >= 0.3 is 0 Å². The lowest BCUT2D eigenvalue weighted by molar-refractivity contribution is -0.133. The Morgan fingerprint density at radius 3 is 2.93 bits per heavy atom. The highest BCUT2D eigenvalue weighted by Crippen LogP contribution is 2.20. The van der Waals surface area contributed by atoms with E-state index in [2.05, 4.69) is 0 Å². The van der Waals surface area contributed by atoms with Gasteiger partial charge in [-0.05, 0) is 12.8 Å². The van der Waals surface area contributed by atoms with Crippen molar-refractivity contribution in [2.24, 2.45) is 11.7 Å². The largest absolute Gasteiger partial charge is 0.393 e. The number of halogens is 1. The summed E-state index contributed by atoms with van der Waals surface area (Å²) in [7, 11) is 0. The lowest BCUT2D eigenvalue weighted by atomic mass is 9.92. The maximum atomic E-state index is 12.1. The minimum Gasteiger partial charge on any atom is -0.393 e. The number of nitrogens with zero attached hydrogens (tertiary/aromatic N) is 1. The molecule has 1 heterocycles. The lowest BCUT2D eigenvalue weighted by Crippen LogP contribution is -2.48. The molecule has 1 fully saturated rings. The van der Waals surface area contributed by atoms with Crippen molar-refractivity contribution < 1.29 is 14.3 Å². The van der Waals surface area contributed by atoms with Crippen molar-refractivity contribution >= 4 is 5.91 Å². The van der Waals surface area contributed by atoms with E-state index in [0.717, 1.165) is 0 Å². The van der Waals surface area contributed by atoms with Crippen LogP contribution in [0.1, 0.15) is 12.8 Å². The molecule has 0 saturated carbocycles. The van der Waals surface area contributed by atoms with Gasteiger partial charge < -0.3 is 15.7 Å². The summed E-state index contributed by atoms with van der Waals surface area (Å²) in [5, 5.41) is 9.54. The van der Waals surface area contributed by atoms with Gasteiger partial charge in [-0.3, -0.25) is 9.18 Å². The van der Waals surface area contributed by atoms with Crippen molar-refractivity contribution in [2.45, 2.75) is 18.9 Å². The molecule has 14 heavy (non-hydrogen) atoms. The molecule has 0 aromatic heterocycles. The third-order valence-corrected chi connectivity index (χ3v) is 2.70. The zero-order valence-electron chi connectivity index (χ0n) is 8.16. The molecule has 0 aromatic carbocycles. The molecule has 3 N–H and O–H groups in total. The second kappa shape index (κ2) is 5.26. The maximum absolute atomic E-state index is 12.1. The number of aliphatic hydroxyl groups is 1. The molecule has 5 heteroatoms. The average molecular weight is 204 g/mol. The van der Waals surface area contributed by atoms with Gasteiger partial charge in [-0.1, -0.05) is 0 Å². The predicted octanol–water partition coefficient (Wildman–Crippen LogP) is -0.486. The predicted molar refractivity (Wildman–Crippen MR) is 50.3 cm³/mol. The minimum atomic E-state index is -0.479. The molecule has 0 aromatic rings. The van der Waals surface area contributed by atoms with Crippen LogP contribution < -0.4 is 5.73 Å². The third kappa shape index (κ3) is 2.65. The number of likely N-dealkylation sites (tertiary alicyclic amines) is 1. The van der Waals surface area contributed by atoms with Crippen LogP contribution in [0.3, 0.4) is 0 Å². The number of rotatable bonds is 3. The molecule has 1 aliphatic rings. The number of hydrogen-bond acceptors (Lipinski definition) is 3. The van der Waals surface area contributed by atoms with E-state index in [0.29, 0.717) is 25.9 Å². The smallest absolute Gasteiger partial charge is 0.236 e. The first kappa shape index (κ1) is 11.4. The van der Waals surface area contributed by atoms with E-state index in [9.17, 15) is 14.3 Å². The Balaban J connectivity index is 2.48. The molecule has 0 bridgehead atoms. The van der Waals surface area contributed by atoms with Crippen molar-refractivity contribution in [3.63, 3.8) is 0 Å². The van der Waals surface area contributed by atoms with E-state index < -0.39 is 12.8 Å². The van der Waals surface area contributed by atoms with Crippen molar-refractivity contribution in [1.29, 1.82) is 0 Å². The summed E-state index contributed by atoms with van der Waals surface area (Å²) in [6, 6.07) is 0. The fraction of sp³-hybridized carbons (Fsp3) is 0.889. The van der Waals surface area contributed by atoms with Crippen LogP contribution >= 0.6 is 0 Å². The topological polar surface area (TPSA) is 66.6 Å². The number of aliphatic hydroxyl groups excluding tert-OH is 1. The van der Waals surface area contributed by atoms with Gasteiger partial charge in [-0.15, -0.1) is 0 Å². The van der Waals surface area contributed by atoms with Crippen LogP contribution in [0.5, 0.6) is 0 Å². The third-order valence-electron chi connectivity index (χ3n) is 2.70. The molecule has 0 unspecified atom stereocenters. The molecule has 2 atom stereocenters. The van der Waals surface area contributed by atoms with Gasteiger partial charge in [0.25, 0.3) is 0 Å². The molecule has 0 spiro atoms. The van der Waals surface area contributed by atoms with Crippen LogP contribution in [0.4, 0.5) is 4.39 Å². The van der Waals surface area contributed by atoms with Gasteiger partial charge in [-0.25, -0.2) is 0 Å².